The second-order valence-corrected chi connectivity index (χ2v) is 9.35. The van der Waals surface area contributed by atoms with Crippen LogP contribution >= 0.6 is 0 Å². The van der Waals surface area contributed by atoms with Gasteiger partial charge < -0.3 is 10.0 Å². The fourth-order valence-electron chi connectivity index (χ4n) is 3.63. The van der Waals surface area contributed by atoms with E-state index in [9.17, 15) is 13.5 Å². The van der Waals surface area contributed by atoms with Crippen LogP contribution in [0.2, 0.25) is 0 Å². The van der Waals surface area contributed by atoms with Crippen molar-refractivity contribution in [2.45, 2.75) is 18.1 Å². The lowest BCUT2D eigenvalue weighted by molar-refractivity contribution is 0.00864. The van der Waals surface area contributed by atoms with Crippen LogP contribution in [-0.4, -0.2) is 100 Å². The van der Waals surface area contributed by atoms with Gasteiger partial charge >= 0.3 is 0 Å². The van der Waals surface area contributed by atoms with Crippen LogP contribution in [0.15, 0.2) is 18.5 Å². The van der Waals surface area contributed by atoms with Gasteiger partial charge in [0.05, 0.1) is 11.9 Å². The van der Waals surface area contributed by atoms with Crippen molar-refractivity contribution < 1.29 is 13.5 Å². The minimum Gasteiger partial charge on any atom is -0.387 e. The molecule has 26 heavy (non-hydrogen) atoms. The number of anilines is 1. The molecule has 2 aromatic heterocycles. The summed E-state index contributed by atoms with van der Waals surface area (Å²) in [4.78, 5) is 4.27. The summed E-state index contributed by atoms with van der Waals surface area (Å²) in [6, 6.07) is 4.10. The van der Waals surface area contributed by atoms with Gasteiger partial charge in [-0.15, -0.1) is 15.3 Å². The number of hydrogen-bond acceptors (Lipinski definition) is 8. The van der Waals surface area contributed by atoms with E-state index in [2.05, 4.69) is 25.1 Å². The summed E-state index contributed by atoms with van der Waals surface area (Å²) in [5.41, 5.74) is -0.278. The van der Waals surface area contributed by atoms with Gasteiger partial charge in [0, 0.05) is 38.8 Å². The van der Waals surface area contributed by atoms with Gasteiger partial charge in [0.15, 0.2) is 5.65 Å². The molecule has 4 heterocycles. The quantitative estimate of drug-likeness (QED) is 0.677. The lowest BCUT2D eigenvalue weighted by Gasteiger charge is -2.46. The van der Waals surface area contributed by atoms with Crippen LogP contribution in [0, 0.1) is 0 Å². The smallest absolute Gasteiger partial charge is 0.211 e. The highest BCUT2D eigenvalue weighted by atomic mass is 32.2. The molecule has 0 saturated carbocycles. The highest BCUT2D eigenvalue weighted by Crippen LogP contribution is 2.27. The molecule has 0 radical (unpaired) electrons. The van der Waals surface area contributed by atoms with E-state index in [0.29, 0.717) is 31.2 Å². The number of hydrogen-bond donors (Lipinski definition) is 1. The summed E-state index contributed by atoms with van der Waals surface area (Å²) in [6.45, 7) is 2.61. The largest absolute Gasteiger partial charge is 0.387 e. The van der Waals surface area contributed by atoms with Crippen molar-refractivity contribution in [2.75, 3.05) is 50.9 Å². The second-order valence-electron chi connectivity index (χ2n) is 7.37. The van der Waals surface area contributed by atoms with E-state index < -0.39 is 15.6 Å². The minimum absolute atomic E-state index is 0.165. The predicted octanol–water partition coefficient (Wildman–Crippen LogP) is -1.36. The van der Waals surface area contributed by atoms with Gasteiger partial charge in [-0.1, -0.05) is 0 Å². The summed E-state index contributed by atoms with van der Waals surface area (Å²) < 4.78 is 26.3. The van der Waals surface area contributed by atoms with Crippen molar-refractivity contribution in [1.29, 1.82) is 0 Å². The molecule has 1 N–H and O–H groups in total. The number of likely N-dealkylation sites (N-methyl/N-ethyl adjacent to an activating group) is 1. The van der Waals surface area contributed by atoms with Crippen LogP contribution in [0.4, 0.5) is 5.82 Å². The molecule has 0 spiro atoms. The highest BCUT2D eigenvalue weighted by molar-refractivity contribution is 7.88. The molecule has 4 rings (SSSR count). The molecular formula is C15H23N7O3S. The van der Waals surface area contributed by atoms with Crippen LogP contribution in [-0.2, 0) is 10.0 Å². The molecule has 0 bridgehead atoms. The maximum atomic E-state index is 11.7. The molecule has 0 aromatic carbocycles. The average Bonchev–Trinajstić information content (AvgIpc) is 3.11. The Hall–Kier alpha value is -1.82. The number of aliphatic hydroxyl groups is 1. The monoisotopic (exact) mass is 381 g/mol. The number of β-amino-alcohol motifs (C(OH)–C–C–N with tert-alkyl or cyclic N) is 1. The molecule has 2 aliphatic heterocycles. The number of rotatable bonds is 5. The van der Waals surface area contributed by atoms with Crippen LogP contribution in [0.25, 0.3) is 5.65 Å². The number of fused-ring (bicyclic) bond motifs is 1. The molecule has 2 aliphatic rings. The first-order chi connectivity index (χ1) is 12.2. The summed E-state index contributed by atoms with van der Waals surface area (Å²) >= 11 is 0. The standard InChI is InChI=1S/C15H23N7O3S/c1-19(9-15(23)5-6-21(10-15)26(2,24)25)12-7-20(8-12)14-4-3-13-17-16-11-22(13)18-14/h3-4,11-12,23H,5-10H2,1-2H3. The van der Waals surface area contributed by atoms with Crippen molar-refractivity contribution in [2.24, 2.45) is 0 Å². The normalized spacial score (nSPS) is 25.3. The Balaban J connectivity index is 1.34. The molecule has 2 saturated heterocycles. The minimum atomic E-state index is -3.25. The van der Waals surface area contributed by atoms with Gasteiger partial charge in [-0.25, -0.2) is 8.42 Å². The van der Waals surface area contributed by atoms with Crippen molar-refractivity contribution >= 4 is 21.5 Å². The summed E-state index contributed by atoms with van der Waals surface area (Å²) in [7, 11) is -1.28. The van der Waals surface area contributed by atoms with E-state index in [0.717, 1.165) is 18.9 Å². The topological polar surface area (TPSA) is 107 Å². The molecule has 11 heteroatoms. The first-order valence-corrected chi connectivity index (χ1v) is 10.4. The SMILES string of the molecule is CN(CC1(O)CCN(S(C)(=O)=O)C1)C1CN(c2ccc3nncn3n2)C1. The fraction of sp³-hybridized carbons (Fsp3) is 0.667. The zero-order valence-corrected chi connectivity index (χ0v) is 15.7. The maximum Gasteiger partial charge on any atom is 0.211 e. The van der Waals surface area contributed by atoms with Gasteiger partial charge in [-0.05, 0) is 25.6 Å². The third-order valence-corrected chi connectivity index (χ3v) is 6.52. The molecular weight excluding hydrogens is 358 g/mol. The maximum absolute atomic E-state index is 11.7. The molecule has 2 fully saturated rings. The van der Waals surface area contributed by atoms with E-state index in [4.69, 9.17) is 0 Å². The lowest BCUT2D eigenvalue weighted by atomic mass is 10.00. The molecule has 0 amide bonds. The van der Waals surface area contributed by atoms with Gasteiger partial charge in [0.2, 0.25) is 10.0 Å². The molecule has 1 atom stereocenters. The predicted molar refractivity (Wildman–Crippen MR) is 95.4 cm³/mol. The Morgan fingerprint density at radius 1 is 1.38 bits per heavy atom. The van der Waals surface area contributed by atoms with E-state index >= 15 is 0 Å². The first kappa shape index (κ1) is 17.6. The van der Waals surface area contributed by atoms with Gasteiger partial charge in [-0.2, -0.15) is 8.82 Å². The number of nitrogens with zero attached hydrogens (tertiary/aromatic N) is 7. The Morgan fingerprint density at radius 2 is 2.15 bits per heavy atom. The molecule has 10 nitrogen and oxygen atoms in total. The second kappa shape index (κ2) is 6.12. The van der Waals surface area contributed by atoms with E-state index in [1.54, 1.807) is 10.8 Å². The first-order valence-electron chi connectivity index (χ1n) is 8.53. The lowest BCUT2D eigenvalue weighted by Crippen LogP contribution is -2.61. The number of aromatic nitrogens is 4. The third kappa shape index (κ3) is 3.27. The zero-order valence-electron chi connectivity index (χ0n) is 14.9. The Kier molecular flexibility index (Phi) is 4.14. The zero-order chi connectivity index (χ0) is 18.5. The van der Waals surface area contributed by atoms with E-state index in [1.165, 1.54) is 10.6 Å². The van der Waals surface area contributed by atoms with Gasteiger partial charge in [0.1, 0.15) is 12.1 Å². The van der Waals surface area contributed by atoms with Crippen LogP contribution in [0.5, 0.6) is 0 Å². The van der Waals surface area contributed by atoms with Gasteiger partial charge in [0.25, 0.3) is 0 Å². The van der Waals surface area contributed by atoms with Crippen LogP contribution < -0.4 is 4.90 Å². The van der Waals surface area contributed by atoms with Crippen LogP contribution in [0.1, 0.15) is 6.42 Å². The molecule has 2 aromatic rings. The Morgan fingerprint density at radius 3 is 2.85 bits per heavy atom. The summed E-state index contributed by atoms with van der Waals surface area (Å²) in [5.74, 6) is 0.866. The van der Waals surface area contributed by atoms with Gasteiger partial charge in [-0.3, -0.25) is 4.90 Å². The molecule has 142 valence electrons. The fourth-order valence-corrected chi connectivity index (χ4v) is 4.53. The summed E-state index contributed by atoms with van der Waals surface area (Å²) in [6.07, 6.45) is 3.23. The van der Waals surface area contributed by atoms with Crippen LogP contribution in [0.3, 0.4) is 0 Å². The van der Waals surface area contributed by atoms with E-state index in [1.807, 2.05) is 19.2 Å². The van der Waals surface area contributed by atoms with E-state index in [-0.39, 0.29) is 6.54 Å². The van der Waals surface area contributed by atoms with Crippen molar-refractivity contribution in [3.05, 3.63) is 18.5 Å². The van der Waals surface area contributed by atoms with Crippen molar-refractivity contribution in [3.8, 4) is 0 Å². The number of sulfonamides is 1. The highest BCUT2D eigenvalue weighted by Gasteiger charge is 2.42. The Labute approximate surface area is 152 Å². The third-order valence-electron chi connectivity index (χ3n) is 5.27. The van der Waals surface area contributed by atoms with Crippen molar-refractivity contribution in [1.82, 2.24) is 29.0 Å². The summed E-state index contributed by atoms with van der Waals surface area (Å²) in [5, 5.41) is 23.0. The average molecular weight is 381 g/mol. The molecule has 0 aliphatic carbocycles. The molecule has 1 unspecified atom stereocenters. The Bertz CT molecular complexity index is 911. The van der Waals surface area contributed by atoms with Crippen molar-refractivity contribution in [3.63, 3.8) is 0 Å².